The van der Waals surface area contributed by atoms with Crippen LogP contribution < -0.4 is 10.6 Å². The van der Waals surface area contributed by atoms with E-state index in [1.807, 2.05) is 30.3 Å². The highest BCUT2D eigenvalue weighted by molar-refractivity contribution is 7.09. The lowest BCUT2D eigenvalue weighted by atomic mass is 10.1. The van der Waals surface area contributed by atoms with E-state index in [2.05, 4.69) is 15.6 Å². The average Bonchev–Trinajstić information content (AvgIpc) is 3.11. The molecule has 29 heavy (non-hydrogen) atoms. The van der Waals surface area contributed by atoms with Crippen molar-refractivity contribution in [3.8, 4) is 0 Å². The van der Waals surface area contributed by atoms with Crippen molar-refractivity contribution in [3.63, 3.8) is 0 Å². The van der Waals surface area contributed by atoms with Gasteiger partial charge in [-0.1, -0.05) is 30.3 Å². The van der Waals surface area contributed by atoms with E-state index in [9.17, 15) is 22.8 Å². The average molecular weight is 419 g/mol. The first-order valence-corrected chi connectivity index (χ1v) is 9.39. The first-order chi connectivity index (χ1) is 13.7. The Kier molecular flexibility index (Phi) is 5.97. The van der Waals surface area contributed by atoms with Gasteiger partial charge in [0.2, 0.25) is 5.91 Å². The highest BCUT2D eigenvalue weighted by atomic mass is 32.1. The van der Waals surface area contributed by atoms with Gasteiger partial charge in [-0.2, -0.15) is 13.2 Å². The van der Waals surface area contributed by atoms with Gasteiger partial charge in [-0.3, -0.25) is 9.59 Å². The normalized spacial score (nSPS) is 11.2. The molecule has 2 N–H and O–H groups in total. The second kappa shape index (κ2) is 8.44. The summed E-state index contributed by atoms with van der Waals surface area (Å²) in [7, 11) is 0. The third kappa shape index (κ3) is 5.41. The van der Waals surface area contributed by atoms with Crippen molar-refractivity contribution in [2.45, 2.75) is 19.5 Å². The molecular formula is C20H16F3N3O2S. The number of rotatable bonds is 5. The summed E-state index contributed by atoms with van der Waals surface area (Å²) in [5.74, 6) is -1.13. The third-order valence-electron chi connectivity index (χ3n) is 3.89. The summed E-state index contributed by atoms with van der Waals surface area (Å²) in [5.41, 5.74) is 0.0907. The minimum absolute atomic E-state index is 0.0681. The molecule has 0 bridgehead atoms. The van der Waals surface area contributed by atoms with E-state index in [0.29, 0.717) is 11.4 Å². The largest absolute Gasteiger partial charge is 0.416 e. The number of aromatic nitrogens is 1. The molecule has 0 aliphatic heterocycles. The Bertz CT molecular complexity index is 1030. The molecule has 0 radical (unpaired) electrons. The fourth-order valence-corrected chi connectivity index (χ4v) is 3.38. The molecule has 1 aromatic heterocycles. The Labute approximate surface area is 168 Å². The molecule has 0 fully saturated rings. The minimum Gasteiger partial charge on any atom is -0.325 e. The zero-order valence-electron chi connectivity index (χ0n) is 15.2. The number of carbonyl (C=O) groups is 2. The zero-order chi connectivity index (χ0) is 21.0. The second-order valence-electron chi connectivity index (χ2n) is 6.18. The number of hydrogen-bond acceptors (Lipinski definition) is 4. The van der Waals surface area contributed by atoms with E-state index in [-0.39, 0.29) is 17.1 Å². The first-order valence-electron chi connectivity index (χ1n) is 8.51. The topological polar surface area (TPSA) is 71.1 Å². The minimum atomic E-state index is -4.59. The summed E-state index contributed by atoms with van der Waals surface area (Å²) in [6.45, 7) is 1.22. The van der Waals surface area contributed by atoms with Crippen LogP contribution in [0, 0.1) is 0 Å². The number of halogens is 3. The highest BCUT2D eigenvalue weighted by Gasteiger charge is 2.31. The number of alkyl halides is 3. The van der Waals surface area contributed by atoms with Gasteiger partial charge in [0.25, 0.3) is 5.91 Å². The molecule has 3 aromatic rings. The molecule has 150 valence electrons. The maximum Gasteiger partial charge on any atom is 0.416 e. The number of benzene rings is 2. The van der Waals surface area contributed by atoms with Crippen molar-refractivity contribution in [2.24, 2.45) is 0 Å². The lowest BCUT2D eigenvalue weighted by molar-refractivity contribution is -0.137. The van der Waals surface area contributed by atoms with Crippen LogP contribution in [0.2, 0.25) is 0 Å². The molecular weight excluding hydrogens is 403 g/mol. The first kappa shape index (κ1) is 20.5. The Hall–Kier alpha value is -3.20. The standard InChI is InChI=1S/C20H16F3N3O2S/c1-12(27)24-15-8-7-14(20(21,22)23)10-16(15)26-19(28)17-11-29-18(25-17)9-13-5-3-2-4-6-13/h2-8,10-11H,9H2,1H3,(H,24,27)(H,26,28). The van der Waals surface area contributed by atoms with Gasteiger partial charge in [-0.15, -0.1) is 11.3 Å². The monoisotopic (exact) mass is 419 g/mol. The predicted molar refractivity (Wildman–Crippen MR) is 105 cm³/mol. The highest BCUT2D eigenvalue weighted by Crippen LogP contribution is 2.34. The van der Waals surface area contributed by atoms with E-state index in [1.54, 1.807) is 5.38 Å². The van der Waals surface area contributed by atoms with Gasteiger partial charge in [0.1, 0.15) is 5.69 Å². The fraction of sp³-hybridized carbons (Fsp3) is 0.150. The summed E-state index contributed by atoms with van der Waals surface area (Å²) >= 11 is 1.28. The number of thiazole rings is 1. The fourth-order valence-electron chi connectivity index (χ4n) is 2.58. The van der Waals surface area contributed by atoms with E-state index >= 15 is 0 Å². The number of nitrogens with zero attached hydrogens (tertiary/aromatic N) is 1. The molecule has 1 heterocycles. The van der Waals surface area contributed by atoms with E-state index < -0.39 is 23.6 Å². The summed E-state index contributed by atoms with van der Waals surface area (Å²) in [6.07, 6.45) is -4.04. The van der Waals surface area contributed by atoms with Crippen molar-refractivity contribution in [1.29, 1.82) is 0 Å². The van der Waals surface area contributed by atoms with Gasteiger partial charge in [0.15, 0.2) is 0 Å². The zero-order valence-corrected chi connectivity index (χ0v) is 16.0. The van der Waals surface area contributed by atoms with Gasteiger partial charge >= 0.3 is 6.18 Å². The molecule has 2 aromatic carbocycles. The second-order valence-corrected chi connectivity index (χ2v) is 7.12. The maximum atomic E-state index is 13.0. The molecule has 0 atom stereocenters. The lowest BCUT2D eigenvalue weighted by Crippen LogP contribution is -2.17. The number of anilines is 2. The van der Waals surface area contributed by atoms with Gasteiger partial charge in [0.05, 0.1) is 21.9 Å². The Morgan fingerprint density at radius 1 is 1.03 bits per heavy atom. The molecule has 3 rings (SSSR count). The Balaban J connectivity index is 1.81. The number of nitrogens with one attached hydrogen (secondary N) is 2. The van der Waals surface area contributed by atoms with E-state index in [1.165, 1.54) is 18.3 Å². The predicted octanol–water partition coefficient (Wildman–Crippen LogP) is 4.96. The maximum absolute atomic E-state index is 13.0. The Morgan fingerprint density at radius 3 is 2.41 bits per heavy atom. The summed E-state index contributed by atoms with van der Waals surface area (Å²) in [6, 6.07) is 12.3. The van der Waals surface area contributed by atoms with Crippen molar-refractivity contribution >= 4 is 34.5 Å². The third-order valence-corrected chi connectivity index (χ3v) is 4.74. The van der Waals surface area contributed by atoms with Crippen LogP contribution in [-0.2, 0) is 17.4 Å². The summed E-state index contributed by atoms with van der Waals surface area (Å²) in [4.78, 5) is 28.1. The van der Waals surface area contributed by atoms with E-state index in [4.69, 9.17) is 0 Å². The molecule has 0 spiro atoms. The van der Waals surface area contributed by atoms with Gasteiger partial charge in [-0.05, 0) is 23.8 Å². The molecule has 0 unspecified atom stereocenters. The van der Waals surface area contributed by atoms with Crippen LogP contribution >= 0.6 is 11.3 Å². The van der Waals surface area contributed by atoms with Crippen LogP contribution in [0.25, 0.3) is 0 Å². The summed E-state index contributed by atoms with van der Waals surface area (Å²) < 4.78 is 39.1. The van der Waals surface area contributed by atoms with Crippen molar-refractivity contribution < 1.29 is 22.8 Å². The van der Waals surface area contributed by atoms with Crippen LogP contribution in [0.4, 0.5) is 24.5 Å². The molecule has 0 aliphatic carbocycles. The van der Waals surface area contributed by atoms with Crippen molar-refractivity contribution in [3.05, 3.63) is 75.7 Å². The molecule has 5 nitrogen and oxygen atoms in total. The van der Waals surface area contributed by atoms with Gasteiger partial charge in [-0.25, -0.2) is 4.98 Å². The number of carbonyl (C=O) groups excluding carboxylic acids is 2. The quantitative estimate of drug-likeness (QED) is 0.614. The molecule has 9 heteroatoms. The van der Waals surface area contributed by atoms with Crippen molar-refractivity contribution in [2.75, 3.05) is 10.6 Å². The van der Waals surface area contributed by atoms with Crippen LogP contribution in [0.1, 0.15) is 33.5 Å². The van der Waals surface area contributed by atoms with Crippen LogP contribution in [0.15, 0.2) is 53.9 Å². The van der Waals surface area contributed by atoms with E-state index in [0.717, 1.165) is 23.8 Å². The molecule has 2 amide bonds. The molecule has 0 saturated heterocycles. The van der Waals surface area contributed by atoms with Crippen LogP contribution in [0.3, 0.4) is 0 Å². The molecule has 0 aliphatic rings. The number of amides is 2. The lowest BCUT2D eigenvalue weighted by Gasteiger charge is -2.14. The number of hydrogen-bond donors (Lipinski definition) is 2. The van der Waals surface area contributed by atoms with Gasteiger partial charge in [0, 0.05) is 18.7 Å². The smallest absolute Gasteiger partial charge is 0.325 e. The van der Waals surface area contributed by atoms with Crippen LogP contribution in [0.5, 0.6) is 0 Å². The van der Waals surface area contributed by atoms with Gasteiger partial charge < -0.3 is 10.6 Å². The van der Waals surface area contributed by atoms with Crippen molar-refractivity contribution in [1.82, 2.24) is 4.98 Å². The SMILES string of the molecule is CC(=O)Nc1ccc(C(F)(F)F)cc1NC(=O)c1csc(Cc2ccccc2)n1. The summed E-state index contributed by atoms with van der Waals surface area (Å²) in [5, 5.41) is 7.06. The Morgan fingerprint density at radius 2 is 1.76 bits per heavy atom. The molecule has 0 saturated carbocycles. The van der Waals surface area contributed by atoms with Crippen LogP contribution in [-0.4, -0.2) is 16.8 Å².